The fourth-order valence-electron chi connectivity index (χ4n) is 3.20. The predicted octanol–water partition coefficient (Wildman–Crippen LogP) is 0.312. The highest BCUT2D eigenvalue weighted by Crippen LogP contribution is 2.20. The molecule has 7 nitrogen and oxygen atoms in total. The van der Waals surface area contributed by atoms with Crippen LogP contribution >= 0.6 is 0 Å². The quantitative estimate of drug-likeness (QED) is 0.785. The van der Waals surface area contributed by atoms with Crippen LogP contribution in [0.1, 0.15) is 10.4 Å². The van der Waals surface area contributed by atoms with Crippen molar-refractivity contribution in [2.24, 2.45) is 0 Å². The number of ether oxygens (including phenoxy) is 2. The van der Waals surface area contributed by atoms with Crippen LogP contribution in [0.4, 0.5) is 0 Å². The molecule has 0 aliphatic carbocycles. The van der Waals surface area contributed by atoms with E-state index in [0.717, 1.165) is 13.1 Å². The Morgan fingerprint density at radius 1 is 1.00 bits per heavy atom. The lowest BCUT2D eigenvalue weighted by atomic mass is 10.1. The third-order valence-electron chi connectivity index (χ3n) is 4.72. The third kappa shape index (κ3) is 4.29. The first-order valence-corrected chi connectivity index (χ1v) is 8.69. The van der Waals surface area contributed by atoms with E-state index in [0.29, 0.717) is 57.3 Å². The van der Waals surface area contributed by atoms with Gasteiger partial charge in [0.05, 0.1) is 32.4 Å². The number of rotatable bonds is 4. The number of hydrogen-bond donors (Lipinski definition) is 0. The molecule has 2 saturated heterocycles. The smallest absolute Gasteiger partial charge is 0.257 e. The minimum absolute atomic E-state index is 0.0438. The largest absolute Gasteiger partial charge is 0.496 e. The molecule has 2 fully saturated rings. The van der Waals surface area contributed by atoms with Crippen LogP contribution in [0.5, 0.6) is 5.75 Å². The Bertz CT molecular complexity index is 608. The van der Waals surface area contributed by atoms with E-state index in [9.17, 15) is 9.59 Å². The summed E-state index contributed by atoms with van der Waals surface area (Å²) in [6.07, 6.45) is 0. The molecule has 7 heteroatoms. The zero-order chi connectivity index (χ0) is 17.6. The number of benzene rings is 1. The Balaban J connectivity index is 1.52. The van der Waals surface area contributed by atoms with Crippen molar-refractivity contribution < 1.29 is 19.1 Å². The van der Waals surface area contributed by atoms with Crippen LogP contribution in [0.2, 0.25) is 0 Å². The van der Waals surface area contributed by atoms with E-state index in [-0.39, 0.29) is 11.8 Å². The molecule has 0 unspecified atom stereocenters. The zero-order valence-corrected chi connectivity index (χ0v) is 14.6. The molecule has 3 rings (SSSR count). The first kappa shape index (κ1) is 17.7. The van der Waals surface area contributed by atoms with Gasteiger partial charge in [-0.05, 0) is 12.1 Å². The van der Waals surface area contributed by atoms with E-state index >= 15 is 0 Å². The molecule has 136 valence electrons. The lowest BCUT2D eigenvalue weighted by Gasteiger charge is -2.36. The molecule has 0 saturated carbocycles. The molecule has 0 bridgehead atoms. The van der Waals surface area contributed by atoms with Crippen LogP contribution in [0.25, 0.3) is 0 Å². The molecule has 0 N–H and O–H groups in total. The van der Waals surface area contributed by atoms with Gasteiger partial charge in [0.2, 0.25) is 5.91 Å². The molecular formula is C18H25N3O4. The lowest BCUT2D eigenvalue weighted by molar-refractivity contribution is -0.134. The molecule has 2 amide bonds. The zero-order valence-electron chi connectivity index (χ0n) is 14.6. The van der Waals surface area contributed by atoms with Crippen LogP contribution in [0.15, 0.2) is 24.3 Å². The maximum atomic E-state index is 12.7. The highest BCUT2D eigenvalue weighted by molar-refractivity contribution is 5.97. The van der Waals surface area contributed by atoms with Crippen LogP contribution in [0, 0.1) is 0 Å². The summed E-state index contributed by atoms with van der Waals surface area (Å²) in [5.74, 6) is 0.669. The van der Waals surface area contributed by atoms with Gasteiger partial charge in [-0.3, -0.25) is 14.5 Å². The Morgan fingerprint density at radius 3 is 2.32 bits per heavy atom. The summed E-state index contributed by atoms with van der Waals surface area (Å²) in [6.45, 7) is 5.66. The number of carbonyl (C=O) groups excluding carboxylic acids is 2. The molecule has 0 aromatic heterocycles. The van der Waals surface area contributed by atoms with Crippen LogP contribution < -0.4 is 4.74 Å². The average Bonchev–Trinajstić information content (AvgIpc) is 2.68. The van der Waals surface area contributed by atoms with Gasteiger partial charge >= 0.3 is 0 Å². The maximum Gasteiger partial charge on any atom is 0.257 e. The van der Waals surface area contributed by atoms with Gasteiger partial charge in [0.25, 0.3) is 5.91 Å². The molecule has 2 heterocycles. The van der Waals surface area contributed by atoms with E-state index in [1.54, 1.807) is 24.1 Å². The van der Waals surface area contributed by atoms with Crippen LogP contribution in [0.3, 0.4) is 0 Å². The Kier molecular flexibility index (Phi) is 5.88. The topological polar surface area (TPSA) is 62.3 Å². The van der Waals surface area contributed by atoms with Crippen molar-refractivity contribution in [2.75, 3.05) is 66.1 Å². The summed E-state index contributed by atoms with van der Waals surface area (Å²) in [5.41, 5.74) is 0.568. The summed E-state index contributed by atoms with van der Waals surface area (Å²) >= 11 is 0. The number of nitrogens with zero attached hydrogens (tertiary/aromatic N) is 3. The van der Waals surface area contributed by atoms with Crippen LogP contribution in [-0.2, 0) is 9.53 Å². The fourth-order valence-corrected chi connectivity index (χ4v) is 3.20. The normalized spacial score (nSPS) is 18.9. The molecule has 2 aliphatic rings. The van der Waals surface area contributed by atoms with Gasteiger partial charge < -0.3 is 19.3 Å². The summed E-state index contributed by atoms with van der Waals surface area (Å²) in [7, 11) is 1.56. The van der Waals surface area contributed by atoms with E-state index in [1.807, 2.05) is 17.0 Å². The second kappa shape index (κ2) is 8.31. The number of piperazine rings is 1. The van der Waals surface area contributed by atoms with Crippen molar-refractivity contribution in [3.63, 3.8) is 0 Å². The molecule has 2 aliphatic heterocycles. The lowest BCUT2D eigenvalue weighted by Crippen LogP contribution is -2.53. The summed E-state index contributed by atoms with van der Waals surface area (Å²) < 4.78 is 10.6. The SMILES string of the molecule is COc1ccccc1C(=O)N1CCN(C(=O)CN2CCOCC2)CC1. The molecule has 0 radical (unpaired) electrons. The summed E-state index contributed by atoms with van der Waals surface area (Å²) in [4.78, 5) is 30.9. The molecule has 1 aromatic carbocycles. The van der Waals surface area contributed by atoms with E-state index in [4.69, 9.17) is 9.47 Å². The van der Waals surface area contributed by atoms with Gasteiger partial charge in [-0.15, -0.1) is 0 Å². The number of para-hydroxylation sites is 1. The van der Waals surface area contributed by atoms with Gasteiger partial charge in [-0.25, -0.2) is 0 Å². The second-order valence-corrected chi connectivity index (χ2v) is 6.26. The number of carbonyl (C=O) groups is 2. The van der Waals surface area contributed by atoms with E-state index < -0.39 is 0 Å². The molecule has 0 atom stereocenters. The minimum Gasteiger partial charge on any atom is -0.496 e. The minimum atomic E-state index is -0.0438. The summed E-state index contributed by atoms with van der Waals surface area (Å²) in [5, 5.41) is 0. The highest BCUT2D eigenvalue weighted by Gasteiger charge is 2.27. The van der Waals surface area contributed by atoms with Crippen molar-refractivity contribution in [2.45, 2.75) is 0 Å². The molecular weight excluding hydrogens is 322 g/mol. The Labute approximate surface area is 148 Å². The van der Waals surface area contributed by atoms with Crippen LogP contribution in [-0.4, -0.2) is 92.7 Å². The Hall–Kier alpha value is -2.12. The predicted molar refractivity (Wildman–Crippen MR) is 92.7 cm³/mol. The number of methoxy groups -OCH3 is 1. The van der Waals surface area contributed by atoms with Gasteiger partial charge in [0.1, 0.15) is 5.75 Å². The molecule has 0 spiro atoms. The monoisotopic (exact) mass is 347 g/mol. The Morgan fingerprint density at radius 2 is 1.64 bits per heavy atom. The third-order valence-corrected chi connectivity index (χ3v) is 4.72. The standard InChI is InChI=1S/C18H25N3O4/c1-24-16-5-3-2-4-15(16)18(23)21-8-6-20(7-9-21)17(22)14-19-10-12-25-13-11-19/h2-5H,6-14H2,1H3. The first-order chi connectivity index (χ1) is 12.2. The average molecular weight is 347 g/mol. The number of amides is 2. The van der Waals surface area contributed by atoms with Crippen molar-refractivity contribution in [1.29, 1.82) is 0 Å². The van der Waals surface area contributed by atoms with Crippen molar-refractivity contribution in [3.8, 4) is 5.75 Å². The molecule has 25 heavy (non-hydrogen) atoms. The van der Waals surface area contributed by atoms with E-state index in [2.05, 4.69) is 4.90 Å². The van der Waals surface area contributed by atoms with Gasteiger partial charge in [0.15, 0.2) is 0 Å². The molecule has 1 aromatic rings. The van der Waals surface area contributed by atoms with Crippen molar-refractivity contribution in [1.82, 2.24) is 14.7 Å². The number of morpholine rings is 1. The van der Waals surface area contributed by atoms with Gasteiger partial charge in [-0.2, -0.15) is 0 Å². The first-order valence-electron chi connectivity index (χ1n) is 8.69. The van der Waals surface area contributed by atoms with E-state index in [1.165, 1.54) is 0 Å². The van der Waals surface area contributed by atoms with Crippen molar-refractivity contribution >= 4 is 11.8 Å². The van der Waals surface area contributed by atoms with Crippen molar-refractivity contribution in [3.05, 3.63) is 29.8 Å². The fraction of sp³-hybridized carbons (Fsp3) is 0.556. The highest BCUT2D eigenvalue weighted by atomic mass is 16.5. The number of hydrogen-bond acceptors (Lipinski definition) is 5. The maximum absolute atomic E-state index is 12.7. The summed E-state index contributed by atoms with van der Waals surface area (Å²) in [6, 6.07) is 7.24. The van der Waals surface area contributed by atoms with Gasteiger partial charge in [-0.1, -0.05) is 12.1 Å². The second-order valence-electron chi connectivity index (χ2n) is 6.26. The van der Waals surface area contributed by atoms with Gasteiger partial charge in [0, 0.05) is 39.3 Å².